The van der Waals surface area contributed by atoms with Crippen LogP contribution in [0.3, 0.4) is 0 Å². The number of likely N-dealkylation sites (tertiary alicyclic amines) is 1. The van der Waals surface area contributed by atoms with Crippen molar-refractivity contribution in [3.8, 4) is 5.75 Å². The van der Waals surface area contributed by atoms with Gasteiger partial charge < -0.3 is 15.0 Å². The van der Waals surface area contributed by atoms with E-state index in [0.29, 0.717) is 6.42 Å². The molecule has 0 aromatic heterocycles. The minimum atomic E-state index is 0.0806. The van der Waals surface area contributed by atoms with Crippen molar-refractivity contribution < 1.29 is 9.53 Å². The first kappa shape index (κ1) is 15.9. The van der Waals surface area contributed by atoms with Crippen LogP contribution in [0, 0.1) is 17.8 Å². The van der Waals surface area contributed by atoms with Gasteiger partial charge >= 0.3 is 0 Å². The van der Waals surface area contributed by atoms with Crippen molar-refractivity contribution in [3.63, 3.8) is 0 Å². The second kappa shape index (κ2) is 6.75. The van der Waals surface area contributed by atoms with Gasteiger partial charge in [-0.15, -0.1) is 0 Å². The maximum atomic E-state index is 11.4. The van der Waals surface area contributed by atoms with Crippen LogP contribution >= 0.6 is 0 Å². The highest BCUT2D eigenvalue weighted by Gasteiger charge is 2.42. The number of fused-ring (bicyclic) bond motifs is 1. The molecule has 4 heteroatoms. The molecule has 0 radical (unpaired) electrons. The van der Waals surface area contributed by atoms with Gasteiger partial charge in [-0.3, -0.25) is 4.79 Å². The molecule has 2 heterocycles. The Labute approximate surface area is 144 Å². The standard InChI is InChI=1S/C20H28N2O2/c1-2-22-8-5-14(6-9-22)18-12-15(18)7-10-24-17-3-4-19-16(11-17)13-20(23)21-19/h3-4,11,14-15,18H,2,5-10,12-13H2,1H3,(H,21,23)/t15-,18-/m1/s1. The predicted molar refractivity (Wildman–Crippen MR) is 95.3 cm³/mol. The van der Waals surface area contributed by atoms with Gasteiger partial charge in [-0.1, -0.05) is 6.92 Å². The molecule has 1 aliphatic carbocycles. The molecular weight excluding hydrogens is 300 g/mol. The van der Waals surface area contributed by atoms with Crippen LogP contribution in [-0.2, 0) is 11.2 Å². The molecule has 24 heavy (non-hydrogen) atoms. The Hall–Kier alpha value is -1.55. The van der Waals surface area contributed by atoms with Crippen molar-refractivity contribution in [2.45, 2.75) is 39.0 Å². The van der Waals surface area contributed by atoms with E-state index in [1.807, 2.05) is 18.2 Å². The molecule has 2 atom stereocenters. The molecule has 4 rings (SSSR count). The Kier molecular flexibility index (Phi) is 4.49. The second-order valence-corrected chi connectivity index (χ2v) is 7.61. The minimum Gasteiger partial charge on any atom is -0.494 e. The summed E-state index contributed by atoms with van der Waals surface area (Å²) in [7, 11) is 0. The van der Waals surface area contributed by atoms with E-state index in [-0.39, 0.29) is 5.91 Å². The van der Waals surface area contributed by atoms with E-state index in [9.17, 15) is 4.79 Å². The summed E-state index contributed by atoms with van der Waals surface area (Å²) in [5, 5.41) is 2.86. The Morgan fingerprint density at radius 3 is 2.92 bits per heavy atom. The van der Waals surface area contributed by atoms with Gasteiger partial charge in [0.1, 0.15) is 5.75 Å². The summed E-state index contributed by atoms with van der Waals surface area (Å²) in [6, 6.07) is 5.93. The van der Waals surface area contributed by atoms with Gasteiger partial charge in [0.05, 0.1) is 13.0 Å². The number of hydrogen-bond donors (Lipinski definition) is 1. The molecule has 0 spiro atoms. The van der Waals surface area contributed by atoms with Crippen LogP contribution in [0.1, 0.15) is 38.2 Å². The fourth-order valence-corrected chi connectivity index (χ4v) is 4.50. The average Bonchev–Trinajstić information content (AvgIpc) is 3.27. The lowest BCUT2D eigenvalue weighted by molar-refractivity contribution is -0.115. The highest BCUT2D eigenvalue weighted by Crippen LogP contribution is 2.49. The number of nitrogens with zero attached hydrogens (tertiary/aromatic N) is 1. The van der Waals surface area contributed by atoms with Gasteiger partial charge in [0, 0.05) is 5.69 Å². The lowest BCUT2D eigenvalue weighted by atomic mass is 9.90. The molecule has 1 saturated carbocycles. The normalized spacial score (nSPS) is 27.0. The van der Waals surface area contributed by atoms with E-state index >= 15 is 0 Å². The van der Waals surface area contributed by atoms with Crippen molar-refractivity contribution in [2.24, 2.45) is 17.8 Å². The number of rotatable bonds is 6. The summed E-state index contributed by atoms with van der Waals surface area (Å²) in [5.41, 5.74) is 2.00. The molecule has 1 N–H and O–H groups in total. The molecule has 4 nitrogen and oxygen atoms in total. The summed E-state index contributed by atoms with van der Waals surface area (Å²) in [5.74, 6) is 3.76. The largest absolute Gasteiger partial charge is 0.494 e. The number of carbonyl (C=O) groups excluding carboxylic acids is 1. The van der Waals surface area contributed by atoms with E-state index in [2.05, 4.69) is 17.1 Å². The third-order valence-corrected chi connectivity index (χ3v) is 6.12. The third-order valence-electron chi connectivity index (χ3n) is 6.12. The first-order valence-corrected chi connectivity index (χ1v) is 9.51. The number of amides is 1. The van der Waals surface area contributed by atoms with Gasteiger partial charge in [-0.25, -0.2) is 0 Å². The van der Waals surface area contributed by atoms with Gasteiger partial charge in [0.25, 0.3) is 0 Å². The van der Waals surface area contributed by atoms with Crippen LogP contribution in [0.15, 0.2) is 18.2 Å². The van der Waals surface area contributed by atoms with Crippen LogP contribution in [0.2, 0.25) is 0 Å². The van der Waals surface area contributed by atoms with Crippen LogP contribution in [0.4, 0.5) is 5.69 Å². The van der Waals surface area contributed by atoms with Crippen molar-refractivity contribution in [1.82, 2.24) is 4.90 Å². The monoisotopic (exact) mass is 328 g/mol. The summed E-state index contributed by atoms with van der Waals surface area (Å²) >= 11 is 0. The predicted octanol–water partition coefficient (Wildman–Crippen LogP) is 3.32. The maximum Gasteiger partial charge on any atom is 0.228 e. The molecule has 2 aliphatic heterocycles. The van der Waals surface area contributed by atoms with Gasteiger partial charge in [0.15, 0.2) is 0 Å². The zero-order valence-electron chi connectivity index (χ0n) is 14.6. The Morgan fingerprint density at radius 1 is 1.29 bits per heavy atom. The lowest BCUT2D eigenvalue weighted by Crippen LogP contribution is -2.34. The number of ether oxygens (including phenoxy) is 1. The summed E-state index contributed by atoms with van der Waals surface area (Å²) in [6.45, 7) is 6.86. The van der Waals surface area contributed by atoms with Crippen molar-refractivity contribution in [3.05, 3.63) is 23.8 Å². The van der Waals surface area contributed by atoms with E-state index in [4.69, 9.17) is 4.74 Å². The number of hydrogen-bond acceptors (Lipinski definition) is 3. The average molecular weight is 328 g/mol. The third kappa shape index (κ3) is 3.44. The minimum absolute atomic E-state index is 0.0806. The SMILES string of the molecule is CCN1CCC([C@H]2C[C@H]2CCOc2ccc3c(c2)CC(=O)N3)CC1. The van der Waals surface area contributed by atoms with E-state index < -0.39 is 0 Å². The van der Waals surface area contributed by atoms with E-state index in [1.165, 1.54) is 45.3 Å². The quantitative estimate of drug-likeness (QED) is 0.871. The number of nitrogens with one attached hydrogen (secondary N) is 1. The Bertz CT molecular complexity index is 608. The van der Waals surface area contributed by atoms with Crippen LogP contribution in [0.5, 0.6) is 5.75 Å². The van der Waals surface area contributed by atoms with Crippen molar-refractivity contribution >= 4 is 11.6 Å². The number of piperidine rings is 1. The molecule has 1 saturated heterocycles. The van der Waals surface area contributed by atoms with E-state index in [1.54, 1.807) is 0 Å². The Morgan fingerprint density at radius 2 is 2.12 bits per heavy atom. The number of anilines is 1. The van der Waals surface area contributed by atoms with Crippen LogP contribution < -0.4 is 10.1 Å². The fraction of sp³-hybridized carbons (Fsp3) is 0.650. The summed E-state index contributed by atoms with van der Waals surface area (Å²) in [4.78, 5) is 14.0. The molecule has 1 amide bonds. The Balaban J connectivity index is 1.19. The number of benzene rings is 1. The maximum absolute atomic E-state index is 11.4. The molecule has 0 bridgehead atoms. The zero-order chi connectivity index (χ0) is 16.5. The van der Waals surface area contributed by atoms with Gasteiger partial charge in [0.2, 0.25) is 5.91 Å². The smallest absolute Gasteiger partial charge is 0.228 e. The van der Waals surface area contributed by atoms with Crippen LogP contribution in [0.25, 0.3) is 0 Å². The first-order chi connectivity index (χ1) is 11.7. The molecule has 2 fully saturated rings. The molecule has 0 unspecified atom stereocenters. The van der Waals surface area contributed by atoms with E-state index in [0.717, 1.165) is 41.4 Å². The molecule has 1 aromatic rings. The summed E-state index contributed by atoms with van der Waals surface area (Å²) in [6.07, 6.45) is 5.84. The highest BCUT2D eigenvalue weighted by molar-refractivity contribution is 5.99. The topological polar surface area (TPSA) is 41.6 Å². The number of carbonyl (C=O) groups is 1. The highest BCUT2D eigenvalue weighted by atomic mass is 16.5. The fourth-order valence-electron chi connectivity index (χ4n) is 4.50. The summed E-state index contributed by atoms with van der Waals surface area (Å²) < 4.78 is 5.94. The van der Waals surface area contributed by atoms with Crippen molar-refractivity contribution in [2.75, 3.05) is 31.6 Å². The lowest BCUT2D eigenvalue weighted by Gasteiger charge is -2.31. The van der Waals surface area contributed by atoms with Gasteiger partial charge in [-0.2, -0.15) is 0 Å². The molecular formula is C20H28N2O2. The van der Waals surface area contributed by atoms with Gasteiger partial charge in [-0.05, 0) is 86.8 Å². The first-order valence-electron chi connectivity index (χ1n) is 9.51. The molecule has 3 aliphatic rings. The van der Waals surface area contributed by atoms with Crippen molar-refractivity contribution in [1.29, 1.82) is 0 Å². The zero-order valence-corrected chi connectivity index (χ0v) is 14.6. The molecule has 130 valence electrons. The van der Waals surface area contributed by atoms with Crippen LogP contribution in [-0.4, -0.2) is 37.0 Å². The molecule has 1 aromatic carbocycles. The second-order valence-electron chi connectivity index (χ2n) is 7.61.